The van der Waals surface area contributed by atoms with Gasteiger partial charge in [-0.25, -0.2) is 4.79 Å². The summed E-state index contributed by atoms with van der Waals surface area (Å²) >= 11 is 0. The van der Waals surface area contributed by atoms with Crippen LogP contribution in [-0.4, -0.2) is 55.5 Å². The van der Waals surface area contributed by atoms with Crippen molar-refractivity contribution in [3.8, 4) is 11.1 Å². The lowest BCUT2D eigenvalue weighted by Crippen LogP contribution is -2.40. The largest absolute Gasteiger partial charge is 0.481 e. The highest BCUT2D eigenvalue weighted by atomic mass is 16.5. The average molecular weight is 483 g/mol. The molecule has 2 unspecified atom stereocenters. The van der Waals surface area contributed by atoms with E-state index in [2.05, 4.69) is 34.9 Å². The number of alkyl carbamates (subject to hydrolysis) is 1. The van der Waals surface area contributed by atoms with Crippen molar-refractivity contribution in [2.24, 2.45) is 11.8 Å². The van der Waals surface area contributed by atoms with Crippen molar-refractivity contribution in [3.05, 3.63) is 59.7 Å². The zero-order valence-electron chi connectivity index (χ0n) is 20.5. The molecule has 8 nitrogen and oxygen atoms in total. The molecule has 0 fully saturated rings. The van der Waals surface area contributed by atoms with Gasteiger partial charge in [0.15, 0.2) is 0 Å². The molecular weight excluding hydrogens is 448 g/mol. The number of carboxylic acid groups (broad SMARTS) is 1. The summed E-state index contributed by atoms with van der Waals surface area (Å²) in [7, 11) is 0. The van der Waals surface area contributed by atoms with Gasteiger partial charge in [0.2, 0.25) is 5.91 Å². The Morgan fingerprint density at radius 1 is 0.943 bits per heavy atom. The number of nitrogens with one attached hydrogen (secondary N) is 2. The summed E-state index contributed by atoms with van der Waals surface area (Å²) in [4.78, 5) is 36.1. The van der Waals surface area contributed by atoms with Gasteiger partial charge < -0.3 is 25.2 Å². The lowest BCUT2D eigenvalue weighted by atomic mass is 9.96. The van der Waals surface area contributed by atoms with Crippen molar-refractivity contribution in [1.82, 2.24) is 10.6 Å². The Labute approximate surface area is 206 Å². The van der Waals surface area contributed by atoms with Gasteiger partial charge >= 0.3 is 12.1 Å². The van der Waals surface area contributed by atoms with Gasteiger partial charge in [-0.2, -0.15) is 0 Å². The second-order valence-corrected chi connectivity index (χ2v) is 8.98. The Balaban J connectivity index is 1.49. The second-order valence-electron chi connectivity index (χ2n) is 8.98. The minimum absolute atomic E-state index is 0.00191. The summed E-state index contributed by atoms with van der Waals surface area (Å²) in [5, 5.41) is 14.6. The van der Waals surface area contributed by atoms with E-state index in [1.165, 1.54) is 0 Å². The van der Waals surface area contributed by atoms with Gasteiger partial charge in [0, 0.05) is 25.6 Å². The number of fused-ring (bicyclic) bond motifs is 3. The monoisotopic (exact) mass is 482 g/mol. The van der Waals surface area contributed by atoms with E-state index < -0.39 is 24.1 Å². The molecule has 0 heterocycles. The zero-order valence-corrected chi connectivity index (χ0v) is 20.5. The first-order valence-corrected chi connectivity index (χ1v) is 12.0. The third-order valence-electron chi connectivity index (χ3n) is 6.27. The Morgan fingerprint density at radius 3 is 2.09 bits per heavy atom. The summed E-state index contributed by atoms with van der Waals surface area (Å²) in [6.45, 7) is 6.12. The minimum atomic E-state index is -0.946. The quantitative estimate of drug-likeness (QED) is 0.424. The predicted molar refractivity (Wildman–Crippen MR) is 132 cm³/mol. The first-order chi connectivity index (χ1) is 16.8. The molecule has 2 aromatic rings. The minimum Gasteiger partial charge on any atom is -0.481 e. The van der Waals surface area contributed by atoms with Gasteiger partial charge in [-0.15, -0.1) is 0 Å². The number of hydrogen-bond acceptors (Lipinski definition) is 5. The van der Waals surface area contributed by atoms with Crippen LogP contribution in [0.4, 0.5) is 4.79 Å². The standard InChI is InChI=1S/C27H34N2O6/c1-4-34-18(13-25(30)28-15-23(17(2)3)26(31)32)14-29-27(33)35-16-24-21-11-7-5-9-19(21)20-10-6-8-12-22(20)24/h5-12,17-18,23-24H,4,13-16H2,1-3H3,(H,28,30)(H,29,33)(H,31,32). The first-order valence-electron chi connectivity index (χ1n) is 12.0. The van der Waals surface area contributed by atoms with E-state index in [1.807, 2.05) is 24.3 Å². The number of amides is 2. The van der Waals surface area contributed by atoms with Crippen molar-refractivity contribution >= 4 is 18.0 Å². The molecule has 2 atom stereocenters. The number of aliphatic carboxylic acids is 1. The van der Waals surface area contributed by atoms with Crippen molar-refractivity contribution in [2.45, 2.75) is 39.2 Å². The van der Waals surface area contributed by atoms with Crippen molar-refractivity contribution < 1.29 is 29.0 Å². The summed E-state index contributed by atoms with van der Waals surface area (Å²) < 4.78 is 11.1. The summed E-state index contributed by atoms with van der Waals surface area (Å²) in [5.74, 6) is -2.08. The molecule has 0 saturated carbocycles. The van der Waals surface area contributed by atoms with E-state index in [-0.39, 0.29) is 43.9 Å². The molecule has 188 valence electrons. The topological polar surface area (TPSA) is 114 Å². The van der Waals surface area contributed by atoms with Gasteiger partial charge in [-0.05, 0) is 35.1 Å². The number of rotatable bonds is 12. The van der Waals surface area contributed by atoms with Crippen molar-refractivity contribution in [1.29, 1.82) is 0 Å². The smallest absolute Gasteiger partial charge is 0.407 e. The van der Waals surface area contributed by atoms with E-state index in [9.17, 15) is 19.5 Å². The van der Waals surface area contributed by atoms with Crippen LogP contribution in [0.25, 0.3) is 11.1 Å². The maximum Gasteiger partial charge on any atom is 0.407 e. The first kappa shape index (κ1) is 26.2. The zero-order chi connectivity index (χ0) is 25.4. The summed E-state index contributed by atoms with van der Waals surface area (Å²) in [6, 6.07) is 16.2. The highest BCUT2D eigenvalue weighted by Crippen LogP contribution is 2.44. The fourth-order valence-corrected chi connectivity index (χ4v) is 4.38. The van der Waals surface area contributed by atoms with Gasteiger partial charge in [0.05, 0.1) is 18.4 Å². The van der Waals surface area contributed by atoms with Crippen LogP contribution in [0.5, 0.6) is 0 Å². The van der Waals surface area contributed by atoms with Crippen molar-refractivity contribution in [2.75, 3.05) is 26.3 Å². The molecule has 3 rings (SSSR count). The maximum atomic E-state index is 12.4. The van der Waals surface area contributed by atoms with Gasteiger partial charge in [-0.1, -0.05) is 62.4 Å². The lowest BCUT2D eigenvalue weighted by Gasteiger charge is -2.20. The Bertz CT molecular complexity index is 992. The number of benzene rings is 2. The number of ether oxygens (including phenoxy) is 2. The fraction of sp³-hybridized carbons (Fsp3) is 0.444. The normalized spacial score (nSPS) is 14.1. The molecule has 0 bridgehead atoms. The number of carbonyl (C=O) groups excluding carboxylic acids is 2. The third-order valence-corrected chi connectivity index (χ3v) is 6.27. The van der Waals surface area contributed by atoms with Crippen LogP contribution < -0.4 is 10.6 Å². The van der Waals surface area contributed by atoms with Crippen LogP contribution in [0.2, 0.25) is 0 Å². The molecule has 1 aliphatic carbocycles. The molecule has 0 aromatic heterocycles. The maximum absolute atomic E-state index is 12.4. The van der Waals surface area contributed by atoms with E-state index in [4.69, 9.17) is 9.47 Å². The van der Waals surface area contributed by atoms with Crippen LogP contribution >= 0.6 is 0 Å². The highest BCUT2D eigenvalue weighted by Gasteiger charge is 2.29. The number of carboxylic acids is 1. The lowest BCUT2D eigenvalue weighted by molar-refractivity contribution is -0.143. The van der Waals surface area contributed by atoms with E-state index in [1.54, 1.807) is 20.8 Å². The average Bonchev–Trinajstić information content (AvgIpc) is 3.14. The van der Waals surface area contributed by atoms with Gasteiger partial charge in [0.1, 0.15) is 6.61 Å². The summed E-state index contributed by atoms with van der Waals surface area (Å²) in [6.07, 6.45) is -1.13. The van der Waals surface area contributed by atoms with E-state index in [0.29, 0.717) is 6.61 Å². The second kappa shape index (κ2) is 12.4. The van der Waals surface area contributed by atoms with E-state index in [0.717, 1.165) is 22.3 Å². The predicted octanol–water partition coefficient (Wildman–Crippen LogP) is 3.79. The molecule has 8 heteroatoms. The van der Waals surface area contributed by atoms with Gasteiger partial charge in [0.25, 0.3) is 0 Å². The van der Waals surface area contributed by atoms with Crippen LogP contribution in [0, 0.1) is 11.8 Å². The number of hydrogen-bond donors (Lipinski definition) is 3. The molecule has 0 spiro atoms. The SMILES string of the molecule is CCOC(CNC(=O)OCC1c2ccccc2-c2ccccc21)CC(=O)NCC(C(=O)O)C(C)C. The molecular formula is C27H34N2O6. The fourth-order valence-electron chi connectivity index (χ4n) is 4.38. The Hall–Kier alpha value is -3.39. The molecule has 3 N–H and O–H groups in total. The molecule has 35 heavy (non-hydrogen) atoms. The van der Waals surface area contributed by atoms with Crippen LogP contribution in [-0.2, 0) is 19.1 Å². The van der Waals surface area contributed by atoms with Crippen LogP contribution in [0.15, 0.2) is 48.5 Å². The molecule has 0 saturated heterocycles. The molecule has 2 amide bonds. The third kappa shape index (κ3) is 6.82. The van der Waals surface area contributed by atoms with Crippen LogP contribution in [0.1, 0.15) is 44.2 Å². The van der Waals surface area contributed by atoms with E-state index >= 15 is 0 Å². The Kier molecular flexibility index (Phi) is 9.25. The molecule has 1 aliphatic rings. The van der Waals surface area contributed by atoms with Crippen molar-refractivity contribution in [3.63, 3.8) is 0 Å². The summed E-state index contributed by atoms with van der Waals surface area (Å²) in [5.41, 5.74) is 4.57. The van der Waals surface area contributed by atoms with Crippen LogP contribution in [0.3, 0.4) is 0 Å². The highest BCUT2D eigenvalue weighted by molar-refractivity contribution is 5.79. The molecule has 0 aliphatic heterocycles. The van der Waals surface area contributed by atoms with Gasteiger partial charge in [-0.3, -0.25) is 9.59 Å². The molecule has 0 radical (unpaired) electrons. The Morgan fingerprint density at radius 2 is 1.54 bits per heavy atom. The number of carbonyl (C=O) groups is 3. The molecule has 2 aromatic carbocycles.